The van der Waals surface area contributed by atoms with Gasteiger partial charge in [-0.2, -0.15) is 0 Å². The van der Waals surface area contributed by atoms with Crippen molar-refractivity contribution in [3.63, 3.8) is 0 Å². The Labute approximate surface area is 113 Å². The van der Waals surface area contributed by atoms with Crippen molar-refractivity contribution >= 4 is 17.3 Å². The molecule has 104 valence electrons. The van der Waals surface area contributed by atoms with Gasteiger partial charge < -0.3 is 20.1 Å². The van der Waals surface area contributed by atoms with Gasteiger partial charge in [-0.15, -0.1) is 0 Å². The Bertz CT molecular complexity index is 442. The summed E-state index contributed by atoms with van der Waals surface area (Å²) in [6.45, 7) is 3.13. The summed E-state index contributed by atoms with van der Waals surface area (Å²) in [5.74, 6) is 0.533. The van der Waals surface area contributed by atoms with Crippen LogP contribution in [0.4, 0.5) is 11.4 Å². The van der Waals surface area contributed by atoms with E-state index in [0.717, 1.165) is 31.7 Å². The molecule has 1 aromatic rings. The number of hydrogen-bond donors (Lipinski definition) is 2. The van der Waals surface area contributed by atoms with E-state index in [1.54, 1.807) is 7.11 Å². The fourth-order valence-corrected chi connectivity index (χ4v) is 2.13. The number of anilines is 2. The normalized spacial score (nSPS) is 18.1. The van der Waals surface area contributed by atoms with Crippen LogP contribution in [0.15, 0.2) is 18.2 Å². The molecule has 2 N–H and O–H groups in total. The Balaban J connectivity index is 1.99. The number of carbonyl (C=O) groups is 1. The van der Waals surface area contributed by atoms with Gasteiger partial charge in [-0.05, 0) is 25.0 Å². The van der Waals surface area contributed by atoms with Gasteiger partial charge in [0.2, 0.25) is 5.91 Å². The van der Waals surface area contributed by atoms with E-state index in [2.05, 4.69) is 10.6 Å². The Morgan fingerprint density at radius 2 is 2.37 bits per heavy atom. The zero-order chi connectivity index (χ0) is 13.7. The number of rotatable bonds is 5. The predicted molar refractivity (Wildman–Crippen MR) is 74.8 cm³/mol. The van der Waals surface area contributed by atoms with Gasteiger partial charge in [0, 0.05) is 31.8 Å². The third kappa shape index (κ3) is 3.86. The van der Waals surface area contributed by atoms with E-state index in [4.69, 9.17) is 9.47 Å². The minimum atomic E-state index is -0.113. The van der Waals surface area contributed by atoms with Crippen molar-refractivity contribution in [3.05, 3.63) is 18.2 Å². The van der Waals surface area contributed by atoms with Crippen LogP contribution in [0.25, 0.3) is 0 Å². The van der Waals surface area contributed by atoms with Crippen molar-refractivity contribution in [1.29, 1.82) is 0 Å². The van der Waals surface area contributed by atoms with Gasteiger partial charge in [-0.25, -0.2) is 0 Å². The smallest absolute Gasteiger partial charge is 0.221 e. The molecule has 2 rings (SSSR count). The third-order valence-corrected chi connectivity index (χ3v) is 3.07. The van der Waals surface area contributed by atoms with Crippen molar-refractivity contribution in [3.8, 4) is 5.75 Å². The first-order chi connectivity index (χ1) is 9.19. The molecule has 0 saturated carbocycles. The van der Waals surface area contributed by atoms with Crippen LogP contribution in [-0.4, -0.2) is 32.3 Å². The number of carbonyl (C=O) groups excluding carboxylic acids is 1. The molecule has 5 nitrogen and oxygen atoms in total. The Kier molecular flexibility index (Phi) is 4.63. The van der Waals surface area contributed by atoms with Crippen LogP contribution in [0.2, 0.25) is 0 Å². The van der Waals surface area contributed by atoms with E-state index in [0.29, 0.717) is 17.5 Å². The van der Waals surface area contributed by atoms with Gasteiger partial charge in [0.05, 0.1) is 18.9 Å². The predicted octanol–water partition coefficient (Wildman–Crippen LogP) is 2.24. The lowest BCUT2D eigenvalue weighted by Gasteiger charge is -2.14. The molecule has 0 spiro atoms. The molecule has 1 aliphatic rings. The topological polar surface area (TPSA) is 59.6 Å². The first-order valence-electron chi connectivity index (χ1n) is 6.50. The summed E-state index contributed by atoms with van der Waals surface area (Å²) in [5, 5.41) is 6.06. The van der Waals surface area contributed by atoms with E-state index >= 15 is 0 Å². The van der Waals surface area contributed by atoms with Gasteiger partial charge >= 0.3 is 0 Å². The van der Waals surface area contributed by atoms with Crippen molar-refractivity contribution in [2.24, 2.45) is 0 Å². The SMILES string of the molecule is COc1cc(NCC2CCCO2)ccc1NC(C)=O. The molecule has 1 aliphatic heterocycles. The van der Waals surface area contributed by atoms with Gasteiger partial charge in [0.15, 0.2) is 0 Å². The fraction of sp³-hybridized carbons (Fsp3) is 0.500. The van der Waals surface area contributed by atoms with E-state index in [1.165, 1.54) is 6.92 Å². The third-order valence-electron chi connectivity index (χ3n) is 3.07. The lowest BCUT2D eigenvalue weighted by atomic mass is 10.2. The lowest BCUT2D eigenvalue weighted by molar-refractivity contribution is -0.114. The summed E-state index contributed by atoms with van der Waals surface area (Å²) >= 11 is 0. The zero-order valence-electron chi connectivity index (χ0n) is 11.4. The van der Waals surface area contributed by atoms with Gasteiger partial charge in [0.25, 0.3) is 0 Å². The number of ether oxygens (including phenoxy) is 2. The maximum atomic E-state index is 11.1. The molecular formula is C14H20N2O3. The maximum absolute atomic E-state index is 11.1. The van der Waals surface area contributed by atoms with E-state index in [9.17, 15) is 4.79 Å². The molecule has 5 heteroatoms. The highest BCUT2D eigenvalue weighted by Gasteiger charge is 2.15. The number of benzene rings is 1. The fourth-order valence-electron chi connectivity index (χ4n) is 2.13. The van der Waals surface area contributed by atoms with Crippen molar-refractivity contribution in [2.45, 2.75) is 25.9 Å². The van der Waals surface area contributed by atoms with Crippen molar-refractivity contribution in [2.75, 3.05) is 30.9 Å². The van der Waals surface area contributed by atoms with Crippen molar-refractivity contribution < 1.29 is 14.3 Å². The monoisotopic (exact) mass is 264 g/mol. The molecule has 1 fully saturated rings. The molecule has 1 heterocycles. The number of nitrogens with one attached hydrogen (secondary N) is 2. The van der Waals surface area contributed by atoms with E-state index in [-0.39, 0.29) is 5.91 Å². The molecule has 0 aromatic heterocycles. The van der Waals surface area contributed by atoms with Crippen molar-refractivity contribution in [1.82, 2.24) is 0 Å². The van der Waals surface area contributed by atoms with E-state index < -0.39 is 0 Å². The summed E-state index contributed by atoms with van der Waals surface area (Å²) in [6, 6.07) is 5.63. The Morgan fingerprint density at radius 3 is 3.00 bits per heavy atom. The highest BCUT2D eigenvalue weighted by atomic mass is 16.5. The number of methoxy groups -OCH3 is 1. The first-order valence-corrected chi connectivity index (χ1v) is 6.50. The maximum Gasteiger partial charge on any atom is 0.221 e. The highest BCUT2D eigenvalue weighted by Crippen LogP contribution is 2.28. The molecule has 1 unspecified atom stereocenters. The van der Waals surface area contributed by atoms with Crippen LogP contribution >= 0.6 is 0 Å². The molecule has 1 saturated heterocycles. The van der Waals surface area contributed by atoms with Crippen LogP contribution in [-0.2, 0) is 9.53 Å². The highest BCUT2D eigenvalue weighted by molar-refractivity contribution is 5.90. The number of amides is 1. The Morgan fingerprint density at radius 1 is 1.53 bits per heavy atom. The summed E-state index contributed by atoms with van der Waals surface area (Å²) in [7, 11) is 1.59. The molecular weight excluding hydrogens is 244 g/mol. The molecule has 1 amide bonds. The summed E-state index contributed by atoms with van der Waals surface area (Å²) in [5.41, 5.74) is 1.64. The van der Waals surface area contributed by atoms with Crippen LogP contribution in [0.3, 0.4) is 0 Å². The second-order valence-electron chi connectivity index (χ2n) is 4.61. The van der Waals surface area contributed by atoms with Gasteiger partial charge in [-0.1, -0.05) is 0 Å². The molecule has 1 aromatic carbocycles. The zero-order valence-corrected chi connectivity index (χ0v) is 11.4. The summed E-state index contributed by atoms with van der Waals surface area (Å²) in [6.07, 6.45) is 2.53. The molecule has 0 radical (unpaired) electrons. The standard InChI is InChI=1S/C14H20N2O3/c1-10(17)16-13-6-5-11(8-14(13)18-2)15-9-12-4-3-7-19-12/h5-6,8,12,15H,3-4,7,9H2,1-2H3,(H,16,17). The second kappa shape index (κ2) is 6.43. The van der Waals surface area contributed by atoms with E-state index in [1.807, 2.05) is 18.2 Å². The first kappa shape index (κ1) is 13.7. The molecule has 19 heavy (non-hydrogen) atoms. The number of hydrogen-bond acceptors (Lipinski definition) is 4. The minimum Gasteiger partial charge on any atom is -0.494 e. The second-order valence-corrected chi connectivity index (χ2v) is 4.61. The molecule has 0 aliphatic carbocycles. The van der Waals surface area contributed by atoms with Crippen LogP contribution in [0.5, 0.6) is 5.75 Å². The summed E-state index contributed by atoms with van der Waals surface area (Å²) in [4.78, 5) is 11.1. The largest absolute Gasteiger partial charge is 0.494 e. The van der Waals surface area contributed by atoms with Crippen LogP contribution in [0, 0.1) is 0 Å². The lowest BCUT2D eigenvalue weighted by Crippen LogP contribution is -2.18. The quantitative estimate of drug-likeness (QED) is 0.856. The van der Waals surface area contributed by atoms with Gasteiger partial charge in [-0.3, -0.25) is 4.79 Å². The summed E-state index contributed by atoms with van der Waals surface area (Å²) < 4.78 is 10.8. The van der Waals surface area contributed by atoms with Gasteiger partial charge in [0.1, 0.15) is 5.75 Å². The average Bonchev–Trinajstić information content (AvgIpc) is 2.90. The minimum absolute atomic E-state index is 0.113. The van der Waals surface area contributed by atoms with Crippen LogP contribution < -0.4 is 15.4 Å². The molecule has 0 bridgehead atoms. The molecule has 1 atom stereocenters. The van der Waals surface area contributed by atoms with Crippen LogP contribution in [0.1, 0.15) is 19.8 Å². The Hall–Kier alpha value is -1.75. The average molecular weight is 264 g/mol.